The fourth-order valence-electron chi connectivity index (χ4n) is 2.95. The highest BCUT2D eigenvalue weighted by Gasteiger charge is 2.25. The molecule has 28 heavy (non-hydrogen) atoms. The lowest BCUT2D eigenvalue weighted by Gasteiger charge is -2.31. The third kappa shape index (κ3) is 7.25. The molecule has 0 bridgehead atoms. The lowest BCUT2D eigenvalue weighted by molar-refractivity contribution is -0.129. The minimum Gasteiger partial charge on any atom is -0.495 e. The van der Waals surface area contributed by atoms with E-state index in [0.29, 0.717) is 11.5 Å². The fourth-order valence-corrected chi connectivity index (χ4v) is 3.64. The second-order valence-electron chi connectivity index (χ2n) is 6.28. The number of rotatable bonds is 10. The number of hydrogen-bond acceptors (Lipinski definition) is 5. The molecule has 1 amide bonds. The van der Waals surface area contributed by atoms with Crippen molar-refractivity contribution in [1.82, 2.24) is 10.2 Å². The molecule has 0 heterocycles. The van der Waals surface area contributed by atoms with Gasteiger partial charge in [-0.1, -0.05) is 26.3 Å². The Bertz CT molecular complexity index is 783. The van der Waals surface area contributed by atoms with Crippen molar-refractivity contribution in [2.75, 3.05) is 18.9 Å². The van der Waals surface area contributed by atoms with Crippen molar-refractivity contribution < 1.29 is 22.5 Å². The van der Waals surface area contributed by atoms with Crippen molar-refractivity contribution in [2.24, 2.45) is 0 Å². The monoisotopic (exact) mass is 431 g/mol. The van der Waals surface area contributed by atoms with E-state index >= 15 is 0 Å². The van der Waals surface area contributed by atoms with Crippen LogP contribution >= 0.6 is 12.2 Å². The van der Waals surface area contributed by atoms with Gasteiger partial charge in [-0.05, 0) is 49.2 Å². The van der Waals surface area contributed by atoms with Gasteiger partial charge in [0.05, 0.1) is 12.8 Å². The van der Waals surface area contributed by atoms with E-state index in [1.54, 1.807) is 24.1 Å². The van der Waals surface area contributed by atoms with Crippen LogP contribution in [0.1, 0.15) is 45.1 Å². The number of anilines is 1. The maximum atomic E-state index is 12.9. The smallest absolute Gasteiger partial charge is 0.357 e. The molecule has 0 fully saturated rings. The Kier molecular flexibility index (Phi) is 9.63. The van der Waals surface area contributed by atoms with Gasteiger partial charge in [0.2, 0.25) is 5.91 Å². The maximum absolute atomic E-state index is 12.9. The van der Waals surface area contributed by atoms with E-state index in [2.05, 4.69) is 12.2 Å². The molecule has 1 aromatic rings. The number of benzene rings is 1. The topological polar surface area (TPSA) is 108 Å². The highest BCUT2D eigenvalue weighted by molar-refractivity contribution is 7.87. The molecular weight excluding hydrogens is 402 g/mol. The number of carbonyl (C=O) groups is 1. The molecule has 0 saturated heterocycles. The van der Waals surface area contributed by atoms with E-state index in [-0.39, 0.29) is 29.8 Å². The zero-order valence-corrected chi connectivity index (χ0v) is 18.3. The SMILES string of the molecule is CCCC(CC)N(C(=O)CCc1ccc(OC)c(NS(=O)(=O)O)c1)C(=S)NC. The van der Waals surface area contributed by atoms with Crippen molar-refractivity contribution in [2.45, 2.75) is 52.0 Å². The Morgan fingerprint density at radius 2 is 2.04 bits per heavy atom. The summed E-state index contributed by atoms with van der Waals surface area (Å²) in [6.45, 7) is 4.09. The summed E-state index contributed by atoms with van der Waals surface area (Å²) >= 11 is 5.33. The standard InChI is InChI=1S/C18H29N3O5S2/c1-5-7-14(6-2)21(18(27)19-3)17(22)11-9-13-8-10-16(26-4)15(12-13)20-28(23,24)25/h8,10,12,14,20H,5-7,9,11H2,1-4H3,(H,19,27)(H,23,24,25). The van der Waals surface area contributed by atoms with Crippen molar-refractivity contribution in [3.63, 3.8) is 0 Å². The molecule has 0 aromatic heterocycles. The Hall–Kier alpha value is -1.91. The van der Waals surface area contributed by atoms with Gasteiger partial charge in [-0.2, -0.15) is 8.42 Å². The van der Waals surface area contributed by atoms with Crippen molar-refractivity contribution in [1.29, 1.82) is 0 Å². The van der Waals surface area contributed by atoms with E-state index in [1.165, 1.54) is 13.2 Å². The van der Waals surface area contributed by atoms with Gasteiger partial charge < -0.3 is 10.1 Å². The average molecular weight is 432 g/mol. The van der Waals surface area contributed by atoms with Crippen LogP contribution in [-0.2, 0) is 21.5 Å². The highest BCUT2D eigenvalue weighted by Crippen LogP contribution is 2.27. The Balaban J connectivity index is 2.97. The first kappa shape index (κ1) is 24.1. The summed E-state index contributed by atoms with van der Waals surface area (Å²) < 4.78 is 38.4. The van der Waals surface area contributed by atoms with E-state index in [1.807, 2.05) is 11.6 Å². The van der Waals surface area contributed by atoms with Gasteiger partial charge in [0.25, 0.3) is 0 Å². The zero-order valence-electron chi connectivity index (χ0n) is 16.7. The summed E-state index contributed by atoms with van der Waals surface area (Å²) in [5.41, 5.74) is 0.828. The number of nitrogens with zero attached hydrogens (tertiary/aromatic N) is 1. The van der Waals surface area contributed by atoms with E-state index in [0.717, 1.165) is 24.8 Å². The van der Waals surface area contributed by atoms with Crippen LogP contribution in [-0.4, -0.2) is 49.1 Å². The van der Waals surface area contributed by atoms with Gasteiger partial charge in [-0.3, -0.25) is 19.0 Å². The number of nitrogens with one attached hydrogen (secondary N) is 2. The van der Waals surface area contributed by atoms with E-state index < -0.39 is 10.3 Å². The van der Waals surface area contributed by atoms with Crippen LogP contribution in [0.4, 0.5) is 5.69 Å². The van der Waals surface area contributed by atoms with Crippen LogP contribution in [0.15, 0.2) is 18.2 Å². The number of amides is 1. The first-order valence-corrected chi connectivity index (χ1v) is 11.0. The molecule has 8 nitrogen and oxygen atoms in total. The predicted molar refractivity (Wildman–Crippen MR) is 114 cm³/mol. The highest BCUT2D eigenvalue weighted by atomic mass is 32.2. The molecule has 0 aliphatic heterocycles. The number of carbonyl (C=O) groups excluding carboxylic acids is 1. The molecule has 10 heteroatoms. The molecule has 1 rings (SSSR count). The van der Waals surface area contributed by atoms with Gasteiger partial charge >= 0.3 is 10.3 Å². The zero-order chi connectivity index (χ0) is 21.3. The molecule has 0 aliphatic rings. The quantitative estimate of drug-likeness (QED) is 0.386. The normalized spacial score (nSPS) is 12.2. The summed E-state index contributed by atoms with van der Waals surface area (Å²) in [6, 6.07) is 4.88. The van der Waals surface area contributed by atoms with Gasteiger partial charge in [-0.25, -0.2) is 0 Å². The summed E-state index contributed by atoms with van der Waals surface area (Å²) in [7, 11) is -1.35. The molecule has 3 N–H and O–H groups in total. The second-order valence-corrected chi connectivity index (χ2v) is 7.82. The Morgan fingerprint density at radius 3 is 2.54 bits per heavy atom. The van der Waals surface area contributed by atoms with Gasteiger partial charge in [0.15, 0.2) is 5.11 Å². The summed E-state index contributed by atoms with van der Waals surface area (Å²) in [4.78, 5) is 14.5. The average Bonchev–Trinajstić information content (AvgIpc) is 2.64. The minimum atomic E-state index is -4.44. The molecule has 0 radical (unpaired) electrons. The van der Waals surface area contributed by atoms with E-state index in [9.17, 15) is 13.2 Å². The number of ether oxygens (including phenoxy) is 1. The predicted octanol–water partition coefficient (Wildman–Crippen LogP) is 2.75. The number of aryl methyl sites for hydroxylation is 1. The number of hydrogen-bond donors (Lipinski definition) is 3. The summed E-state index contributed by atoms with van der Waals surface area (Å²) in [6.07, 6.45) is 3.19. The lowest BCUT2D eigenvalue weighted by atomic mass is 10.0. The third-order valence-electron chi connectivity index (χ3n) is 4.29. The molecule has 1 unspecified atom stereocenters. The Morgan fingerprint density at radius 1 is 1.36 bits per heavy atom. The van der Waals surface area contributed by atoms with Crippen LogP contribution in [0.2, 0.25) is 0 Å². The third-order valence-corrected chi connectivity index (χ3v) is 5.17. The maximum Gasteiger partial charge on any atom is 0.357 e. The van der Waals surface area contributed by atoms with Gasteiger partial charge in [0.1, 0.15) is 5.75 Å². The molecule has 0 spiro atoms. The van der Waals surface area contributed by atoms with Crippen LogP contribution in [0.3, 0.4) is 0 Å². The Labute approximate surface area is 172 Å². The first-order chi connectivity index (χ1) is 13.2. The van der Waals surface area contributed by atoms with Crippen molar-refractivity contribution in [3.05, 3.63) is 23.8 Å². The second kappa shape index (κ2) is 11.2. The first-order valence-electron chi connectivity index (χ1n) is 9.12. The number of thiocarbonyl (C=S) groups is 1. The molecule has 158 valence electrons. The molecule has 1 aromatic carbocycles. The largest absolute Gasteiger partial charge is 0.495 e. The van der Waals surface area contributed by atoms with Crippen molar-refractivity contribution >= 4 is 39.2 Å². The molecule has 0 aliphatic carbocycles. The summed E-state index contributed by atoms with van der Waals surface area (Å²) in [5, 5.41) is 3.28. The van der Waals surface area contributed by atoms with Crippen molar-refractivity contribution in [3.8, 4) is 5.75 Å². The number of methoxy groups -OCH3 is 1. The lowest BCUT2D eigenvalue weighted by Crippen LogP contribution is -2.48. The van der Waals surface area contributed by atoms with Crippen LogP contribution in [0.5, 0.6) is 5.75 Å². The molecule has 1 atom stereocenters. The van der Waals surface area contributed by atoms with Crippen LogP contribution in [0, 0.1) is 0 Å². The van der Waals surface area contributed by atoms with Gasteiger partial charge in [-0.15, -0.1) is 0 Å². The van der Waals surface area contributed by atoms with Crippen LogP contribution in [0.25, 0.3) is 0 Å². The molecular formula is C18H29N3O5S2. The molecule has 0 saturated carbocycles. The van der Waals surface area contributed by atoms with E-state index in [4.69, 9.17) is 21.5 Å². The minimum absolute atomic E-state index is 0.0325. The van der Waals surface area contributed by atoms with Gasteiger partial charge in [0, 0.05) is 19.5 Å². The van der Waals surface area contributed by atoms with Crippen LogP contribution < -0.4 is 14.8 Å². The fraction of sp³-hybridized carbons (Fsp3) is 0.556. The summed E-state index contributed by atoms with van der Waals surface area (Å²) in [5.74, 6) is 0.166.